The zero-order valence-electron chi connectivity index (χ0n) is 12.5. The van der Waals surface area contributed by atoms with Crippen LogP contribution in [0, 0.1) is 5.92 Å². The summed E-state index contributed by atoms with van der Waals surface area (Å²) in [5.41, 5.74) is 0.552. The van der Waals surface area contributed by atoms with Crippen LogP contribution in [0.1, 0.15) is 12.8 Å². The Morgan fingerprint density at radius 3 is 2.48 bits per heavy atom. The maximum atomic E-state index is 12.3. The normalized spacial score (nSPS) is 17.4. The number of rotatable bonds is 5. The van der Waals surface area contributed by atoms with Gasteiger partial charge in [-0.1, -0.05) is 23.2 Å². The maximum Gasteiger partial charge on any atom is 0.305 e. The number of hydrogen-bond acceptors (Lipinski definition) is 3. The first-order valence-electron chi connectivity index (χ1n) is 7.01. The van der Waals surface area contributed by atoms with Crippen LogP contribution in [0.4, 0.5) is 5.69 Å². The lowest BCUT2D eigenvalue weighted by Gasteiger charge is -2.21. The molecule has 23 heavy (non-hydrogen) atoms. The Kier molecular flexibility index (Phi) is 5.49. The Morgan fingerprint density at radius 1 is 1.30 bits per heavy atom. The zero-order valence-corrected chi connectivity index (χ0v) is 14.0. The van der Waals surface area contributed by atoms with E-state index < -0.39 is 11.9 Å². The van der Waals surface area contributed by atoms with Crippen molar-refractivity contribution in [2.45, 2.75) is 12.8 Å². The van der Waals surface area contributed by atoms with Crippen LogP contribution in [0.3, 0.4) is 0 Å². The van der Waals surface area contributed by atoms with E-state index in [-0.39, 0.29) is 37.7 Å². The van der Waals surface area contributed by atoms with E-state index in [0.29, 0.717) is 15.7 Å². The van der Waals surface area contributed by atoms with E-state index in [1.54, 1.807) is 18.2 Å². The van der Waals surface area contributed by atoms with Gasteiger partial charge in [0.15, 0.2) is 0 Å². The van der Waals surface area contributed by atoms with E-state index in [1.165, 1.54) is 16.8 Å². The van der Waals surface area contributed by atoms with E-state index in [0.717, 1.165) is 0 Å². The summed E-state index contributed by atoms with van der Waals surface area (Å²) < 4.78 is 0. The van der Waals surface area contributed by atoms with Crippen LogP contribution in [0.15, 0.2) is 18.2 Å². The van der Waals surface area contributed by atoms with Crippen LogP contribution in [-0.2, 0) is 14.4 Å². The molecular weight excluding hydrogens is 343 g/mol. The first-order chi connectivity index (χ1) is 10.8. The van der Waals surface area contributed by atoms with E-state index >= 15 is 0 Å². The van der Waals surface area contributed by atoms with Crippen molar-refractivity contribution >= 4 is 46.7 Å². The summed E-state index contributed by atoms with van der Waals surface area (Å²) in [6.45, 7) is 0.341. The third kappa shape index (κ3) is 4.36. The van der Waals surface area contributed by atoms with Crippen LogP contribution in [0.2, 0.25) is 10.0 Å². The lowest BCUT2D eigenvalue weighted by atomic mass is 10.1. The number of anilines is 1. The van der Waals surface area contributed by atoms with Crippen molar-refractivity contribution in [1.82, 2.24) is 4.90 Å². The number of nitrogens with zero attached hydrogens (tertiary/aromatic N) is 2. The van der Waals surface area contributed by atoms with E-state index in [2.05, 4.69) is 0 Å². The monoisotopic (exact) mass is 358 g/mol. The number of carboxylic acids is 1. The number of carbonyl (C=O) groups is 3. The highest BCUT2D eigenvalue weighted by molar-refractivity contribution is 6.35. The molecule has 1 aromatic carbocycles. The van der Waals surface area contributed by atoms with Gasteiger partial charge in [-0.25, -0.2) is 0 Å². The Hall–Kier alpha value is -1.79. The summed E-state index contributed by atoms with van der Waals surface area (Å²) in [5.74, 6) is -1.90. The molecule has 2 amide bonds. The van der Waals surface area contributed by atoms with Crippen molar-refractivity contribution in [1.29, 1.82) is 0 Å². The Morgan fingerprint density at radius 2 is 1.91 bits per heavy atom. The quantitative estimate of drug-likeness (QED) is 0.875. The average Bonchev–Trinajstić information content (AvgIpc) is 2.84. The summed E-state index contributed by atoms with van der Waals surface area (Å²) in [6.07, 6.45) is -0.0447. The van der Waals surface area contributed by atoms with Crippen molar-refractivity contribution in [2.75, 3.05) is 25.0 Å². The Balaban J connectivity index is 2.07. The zero-order chi connectivity index (χ0) is 17.1. The van der Waals surface area contributed by atoms with Gasteiger partial charge in [0.1, 0.15) is 0 Å². The molecule has 6 nitrogen and oxygen atoms in total. The number of benzene rings is 1. The number of aliphatic carboxylic acids is 1. The maximum absolute atomic E-state index is 12.3. The molecule has 1 aliphatic heterocycles. The highest BCUT2D eigenvalue weighted by Crippen LogP contribution is 2.30. The summed E-state index contributed by atoms with van der Waals surface area (Å²) in [6, 6.07) is 4.80. The number of amides is 2. The minimum absolute atomic E-state index is 0.0837. The van der Waals surface area contributed by atoms with E-state index in [1.807, 2.05) is 0 Å². The summed E-state index contributed by atoms with van der Waals surface area (Å²) in [7, 11) is 1.54. The molecule has 124 valence electrons. The van der Waals surface area contributed by atoms with Gasteiger partial charge in [-0.2, -0.15) is 0 Å². The third-order valence-electron chi connectivity index (χ3n) is 3.67. The lowest BCUT2D eigenvalue weighted by Crippen LogP contribution is -2.36. The highest BCUT2D eigenvalue weighted by atomic mass is 35.5. The number of hydrogen-bond donors (Lipinski definition) is 1. The van der Waals surface area contributed by atoms with Gasteiger partial charge in [0.25, 0.3) is 0 Å². The van der Waals surface area contributed by atoms with Gasteiger partial charge in [0.2, 0.25) is 11.8 Å². The first-order valence-corrected chi connectivity index (χ1v) is 7.76. The first kappa shape index (κ1) is 17.6. The van der Waals surface area contributed by atoms with Gasteiger partial charge >= 0.3 is 5.97 Å². The van der Waals surface area contributed by atoms with Gasteiger partial charge in [0.05, 0.1) is 12.3 Å². The predicted octanol–water partition coefficient (Wildman–Crippen LogP) is 2.28. The molecule has 1 aromatic rings. The molecule has 0 radical (unpaired) electrons. The lowest BCUT2D eigenvalue weighted by molar-refractivity contribution is -0.139. The fourth-order valence-corrected chi connectivity index (χ4v) is 3.02. The summed E-state index contributed by atoms with van der Waals surface area (Å²) in [5, 5.41) is 9.49. The van der Waals surface area contributed by atoms with Gasteiger partial charge < -0.3 is 14.9 Å². The van der Waals surface area contributed by atoms with Gasteiger partial charge in [-0.05, 0) is 18.2 Å². The fourth-order valence-electron chi connectivity index (χ4n) is 2.50. The van der Waals surface area contributed by atoms with Crippen LogP contribution in [-0.4, -0.2) is 47.9 Å². The smallest absolute Gasteiger partial charge is 0.305 e. The molecule has 2 rings (SSSR count). The number of halogens is 2. The molecule has 0 saturated carbocycles. The molecule has 0 spiro atoms. The number of carbonyl (C=O) groups excluding carboxylic acids is 2. The van der Waals surface area contributed by atoms with Gasteiger partial charge in [0, 0.05) is 42.3 Å². The van der Waals surface area contributed by atoms with E-state index in [4.69, 9.17) is 28.3 Å². The molecule has 1 saturated heterocycles. The van der Waals surface area contributed by atoms with Crippen molar-refractivity contribution in [3.8, 4) is 0 Å². The molecule has 1 aliphatic rings. The van der Waals surface area contributed by atoms with E-state index in [9.17, 15) is 14.4 Å². The van der Waals surface area contributed by atoms with Crippen LogP contribution < -0.4 is 4.90 Å². The van der Waals surface area contributed by atoms with Crippen LogP contribution in [0.5, 0.6) is 0 Å². The molecule has 1 atom stereocenters. The second kappa shape index (κ2) is 7.19. The highest BCUT2D eigenvalue weighted by Gasteiger charge is 2.36. The molecule has 0 aliphatic carbocycles. The SMILES string of the molecule is CN(CCC(=O)O)C(=O)C1CC(=O)N(c2cc(Cl)cc(Cl)c2)C1. The molecule has 0 bridgehead atoms. The Bertz CT molecular complexity index is 630. The summed E-state index contributed by atoms with van der Waals surface area (Å²) >= 11 is 11.9. The molecule has 0 aromatic heterocycles. The van der Waals surface area contributed by atoms with Gasteiger partial charge in [-0.15, -0.1) is 0 Å². The van der Waals surface area contributed by atoms with Crippen molar-refractivity contribution in [2.24, 2.45) is 5.92 Å². The van der Waals surface area contributed by atoms with Crippen molar-refractivity contribution in [3.05, 3.63) is 28.2 Å². The van der Waals surface area contributed by atoms with Crippen LogP contribution >= 0.6 is 23.2 Å². The fraction of sp³-hybridized carbons (Fsp3) is 0.400. The summed E-state index contributed by atoms with van der Waals surface area (Å²) in [4.78, 5) is 37.9. The third-order valence-corrected chi connectivity index (χ3v) is 4.11. The predicted molar refractivity (Wildman–Crippen MR) is 86.8 cm³/mol. The minimum Gasteiger partial charge on any atom is -0.481 e. The van der Waals surface area contributed by atoms with Crippen LogP contribution in [0.25, 0.3) is 0 Å². The average molecular weight is 359 g/mol. The van der Waals surface area contributed by atoms with Gasteiger partial charge in [-0.3, -0.25) is 14.4 Å². The molecule has 1 fully saturated rings. The molecule has 1 unspecified atom stereocenters. The minimum atomic E-state index is -0.970. The van der Waals surface area contributed by atoms with Crippen molar-refractivity contribution < 1.29 is 19.5 Å². The second-order valence-corrected chi connectivity index (χ2v) is 6.31. The van der Waals surface area contributed by atoms with Crippen molar-refractivity contribution in [3.63, 3.8) is 0 Å². The molecule has 1 heterocycles. The molecular formula is C15H16Cl2N2O4. The molecule has 1 N–H and O–H groups in total. The number of carboxylic acid groups (broad SMARTS) is 1. The second-order valence-electron chi connectivity index (χ2n) is 5.44. The largest absolute Gasteiger partial charge is 0.481 e. The standard InChI is InChI=1S/C15H16Cl2N2O4/c1-18(3-2-14(21)22)15(23)9-4-13(20)19(8-9)12-6-10(16)5-11(17)7-12/h5-7,9H,2-4,8H2,1H3,(H,21,22). The Labute approximate surface area is 143 Å². The topological polar surface area (TPSA) is 77.9 Å². The molecule has 8 heteroatoms.